The van der Waals surface area contributed by atoms with Gasteiger partial charge in [0, 0.05) is 11.7 Å². The highest BCUT2D eigenvalue weighted by atomic mass is 32.2. The van der Waals surface area contributed by atoms with Crippen LogP contribution in [0.25, 0.3) is 0 Å². The molecule has 6 nitrogen and oxygen atoms in total. The number of hydrogen-bond donors (Lipinski definition) is 3. The Morgan fingerprint density at radius 1 is 1.53 bits per heavy atom. The standard InChI is InChI=1S/C12H18N2O4S/c1-8(7-15)14-19(16,17)11-6-10(13)5-9-3-2-4-18-12(9)11/h5-6,8,14-15H,2-4,7,13H2,1H3/t8-/m1/s1. The van der Waals surface area contributed by atoms with E-state index in [1.165, 1.54) is 6.07 Å². The molecule has 0 saturated carbocycles. The third-order valence-corrected chi connectivity index (χ3v) is 4.51. The number of anilines is 1. The zero-order valence-electron chi connectivity index (χ0n) is 10.7. The minimum Gasteiger partial charge on any atom is -0.492 e. The van der Waals surface area contributed by atoms with E-state index in [1.807, 2.05) is 0 Å². The van der Waals surface area contributed by atoms with Crippen molar-refractivity contribution < 1.29 is 18.3 Å². The summed E-state index contributed by atoms with van der Waals surface area (Å²) in [4.78, 5) is 0.0440. The fourth-order valence-electron chi connectivity index (χ4n) is 2.04. The minimum atomic E-state index is -3.75. The molecular formula is C12H18N2O4S. The summed E-state index contributed by atoms with van der Waals surface area (Å²) in [6.07, 6.45) is 1.59. The quantitative estimate of drug-likeness (QED) is 0.689. The van der Waals surface area contributed by atoms with Gasteiger partial charge >= 0.3 is 0 Å². The molecule has 4 N–H and O–H groups in total. The molecule has 0 aliphatic carbocycles. The smallest absolute Gasteiger partial charge is 0.244 e. The lowest BCUT2D eigenvalue weighted by Gasteiger charge is -2.22. The average molecular weight is 286 g/mol. The molecule has 106 valence electrons. The maximum Gasteiger partial charge on any atom is 0.244 e. The van der Waals surface area contributed by atoms with Crippen molar-refractivity contribution in [1.82, 2.24) is 4.72 Å². The Morgan fingerprint density at radius 2 is 2.26 bits per heavy atom. The number of nitrogens with one attached hydrogen (secondary N) is 1. The molecule has 0 unspecified atom stereocenters. The molecule has 0 saturated heterocycles. The summed E-state index contributed by atoms with van der Waals surface area (Å²) in [5.74, 6) is 0.373. The number of fused-ring (bicyclic) bond motifs is 1. The predicted octanol–water partition coefficient (Wildman–Crippen LogP) is 0.253. The summed E-state index contributed by atoms with van der Waals surface area (Å²) in [6.45, 7) is 1.80. The second-order valence-corrected chi connectivity index (χ2v) is 6.35. The van der Waals surface area contributed by atoms with Crippen LogP contribution in [0, 0.1) is 0 Å². The van der Waals surface area contributed by atoms with E-state index in [0.29, 0.717) is 18.0 Å². The van der Waals surface area contributed by atoms with Crippen LogP contribution >= 0.6 is 0 Å². The normalized spacial score (nSPS) is 16.5. The molecule has 19 heavy (non-hydrogen) atoms. The van der Waals surface area contributed by atoms with E-state index in [0.717, 1.165) is 18.4 Å². The van der Waals surface area contributed by atoms with Crippen LogP contribution in [0.2, 0.25) is 0 Å². The van der Waals surface area contributed by atoms with Crippen molar-refractivity contribution in [2.45, 2.75) is 30.7 Å². The second kappa shape index (κ2) is 5.36. The van der Waals surface area contributed by atoms with Gasteiger partial charge in [-0.1, -0.05) is 0 Å². The van der Waals surface area contributed by atoms with Crippen molar-refractivity contribution in [3.63, 3.8) is 0 Å². The summed E-state index contributed by atoms with van der Waals surface area (Å²) in [5, 5.41) is 8.96. The van der Waals surface area contributed by atoms with E-state index < -0.39 is 16.1 Å². The van der Waals surface area contributed by atoms with Crippen LogP contribution in [0.1, 0.15) is 18.9 Å². The fourth-order valence-corrected chi connectivity index (χ4v) is 3.49. The van der Waals surface area contributed by atoms with Crippen molar-refractivity contribution in [1.29, 1.82) is 0 Å². The fraction of sp³-hybridized carbons (Fsp3) is 0.500. The second-order valence-electron chi connectivity index (χ2n) is 4.66. The molecule has 1 aliphatic rings. The highest BCUT2D eigenvalue weighted by Gasteiger charge is 2.26. The first-order chi connectivity index (χ1) is 8.94. The van der Waals surface area contributed by atoms with Crippen molar-refractivity contribution in [3.05, 3.63) is 17.7 Å². The summed E-state index contributed by atoms with van der Waals surface area (Å²) in [6, 6.07) is 2.56. The zero-order chi connectivity index (χ0) is 14.0. The van der Waals surface area contributed by atoms with Gasteiger partial charge in [0.2, 0.25) is 10.0 Å². The van der Waals surface area contributed by atoms with E-state index >= 15 is 0 Å². The Balaban J connectivity index is 2.46. The molecule has 1 aromatic rings. The van der Waals surface area contributed by atoms with Crippen molar-refractivity contribution in [2.24, 2.45) is 0 Å². The summed E-state index contributed by atoms with van der Waals surface area (Å²) >= 11 is 0. The Labute approximate surface area is 112 Å². The summed E-state index contributed by atoms with van der Waals surface area (Å²) in [7, 11) is -3.75. The number of aliphatic hydroxyl groups is 1. The summed E-state index contributed by atoms with van der Waals surface area (Å²) < 4.78 is 32.4. The molecule has 0 radical (unpaired) electrons. The van der Waals surface area contributed by atoms with Gasteiger partial charge in [0.1, 0.15) is 10.6 Å². The Morgan fingerprint density at radius 3 is 2.95 bits per heavy atom. The third kappa shape index (κ3) is 2.99. The molecule has 0 amide bonds. The Hall–Kier alpha value is -1.31. The maximum atomic E-state index is 12.3. The molecule has 0 fully saturated rings. The third-order valence-electron chi connectivity index (χ3n) is 2.91. The molecule has 1 aromatic carbocycles. The van der Waals surface area contributed by atoms with Crippen LogP contribution in [0.15, 0.2) is 17.0 Å². The SMILES string of the molecule is C[C@H](CO)NS(=O)(=O)c1cc(N)cc2c1OCCC2. The van der Waals surface area contributed by atoms with Gasteiger partial charge in [0.15, 0.2) is 0 Å². The number of sulfonamides is 1. The van der Waals surface area contributed by atoms with Gasteiger partial charge in [-0.15, -0.1) is 0 Å². The first kappa shape index (κ1) is 14.1. The van der Waals surface area contributed by atoms with Gasteiger partial charge in [0.25, 0.3) is 0 Å². The number of nitrogens with two attached hydrogens (primary N) is 1. The topological polar surface area (TPSA) is 102 Å². The first-order valence-corrected chi connectivity index (χ1v) is 7.60. The lowest BCUT2D eigenvalue weighted by molar-refractivity contribution is 0.264. The van der Waals surface area contributed by atoms with Crippen LogP contribution < -0.4 is 15.2 Å². The highest BCUT2D eigenvalue weighted by Crippen LogP contribution is 2.34. The molecule has 2 rings (SSSR count). The van der Waals surface area contributed by atoms with E-state index in [4.69, 9.17) is 15.6 Å². The number of nitrogen functional groups attached to an aromatic ring is 1. The number of aliphatic hydroxyl groups excluding tert-OH is 1. The monoisotopic (exact) mass is 286 g/mol. The molecule has 1 aliphatic heterocycles. The first-order valence-electron chi connectivity index (χ1n) is 6.12. The van der Waals surface area contributed by atoms with Crippen LogP contribution in [0.4, 0.5) is 5.69 Å². The van der Waals surface area contributed by atoms with Gasteiger partial charge < -0.3 is 15.6 Å². The highest BCUT2D eigenvalue weighted by molar-refractivity contribution is 7.89. The Bertz CT molecular complexity index is 571. The lowest BCUT2D eigenvalue weighted by Crippen LogP contribution is -2.35. The molecule has 1 heterocycles. The van der Waals surface area contributed by atoms with Gasteiger partial charge in [-0.2, -0.15) is 0 Å². The van der Waals surface area contributed by atoms with Crippen LogP contribution in [0.5, 0.6) is 5.75 Å². The number of rotatable bonds is 4. The molecule has 7 heteroatoms. The zero-order valence-corrected chi connectivity index (χ0v) is 11.5. The maximum absolute atomic E-state index is 12.3. The van der Waals surface area contributed by atoms with E-state index in [-0.39, 0.29) is 11.5 Å². The van der Waals surface area contributed by atoms with Gasteiger partial charge in [0.05, 0.1) is 13.2 Å². The van der Waals surface area contributed by atoms with E-state index in [9.17, 15) is 8.42 Å². The van der Waals surface area contributed by atoms with Gasteiger partial charge in [-0.05, 0) is 37.5 Å². The minimum absolute atomic E-state index is 0.0440. The van der Waals surface area contributed by atoms with Gasteiger partial charge in [-0.25, -0.2) is 13.1 Å². The molecule has 0 aromatic heterocycles. The van der Waals surface area contributed by atoms with Gasteiger partial charge in [-0.3, -0.25) is 0 Å². The van der Waals surface area contributed by atoms with Crippen molar-refractivity contribution in [3.8, 4) is 5.75 Å². The molecule has 0 spiro atoms. The molecule has 0 bridgehead atoms. The number of aryl methyl sites for hydroxylation is 1. The van der Waals surface area contributed by atoms with Crippen LogP contribution in [-0.4, -0.2) is 32.8 Å². The van der Waals surface area contributed by atoms with Crippen LogP contribution in [0.3, 0.4) is 0 Å². The average Bonchev–Trinajstić information content (AvgIpc) is 2.37. The van der Waals surface area contributed by atoms with Crippen LogP contribution in [-0.2, 0) is 16.4 Å². The number of hydrogen-bond acceptors (Lipinski definition) is 5. The molecular weight excluding hydrogens is 268 g/mol. The lowest BCUT2D eigenvalue weighted by atomic mass is 10.1. The predicted molar refractivity (Wildman–Crippen MR) is 71.5 cm³/mol. The number of ether oxygens (including phenoxy) is 1. The Kier molecular flexibility index (Phi) is 3.98. The molecule has 1 atom stereocenters. The van der Waals surface area contributed by atoms with Crippen molar-refractivity contribution in [2.75, 3.05) is 18.9 Å². The van der Waals surface area contributed by atoms with E-state index in [1.54, 1.807) is 13.0 Å². The largest absolute Gasteiger partial charge is 0.492 e. The number of benzene rings is 1. The summed E-state index contributed by atoms with van der Waals surface area (Å²) in [5.41, 5.74) is 6.94. The van der Waals surface area contributed by atoms with E-state index in [2.05, 4.69) is 4.72 Å². The van der Waals surface area contributed by atoms with Crippen molar-refractivity contribution >= 4 is 15.7 Å².